The highest BCUT2D eigenvalue weighted by atomic mass is 35.5. The Kier molecular flexibility index (Phi) is 4.03. The molecule has 5 heteroatoms. The Hall–Kier alpha value is -1.34. The van der Waals surface area contributed by atoms with E-state index >= 15 is 0 Å². The average Bonchev–Trinajstić information content (AvgIpc) is 2.77. The average molecular weight is 296 g/mol. The lowest BCUT2D eigenvalue weighted by atomic mass is 9.95. The van der Waals surface area contributed by atoms with E-state index in [1.165, 1.54) is 11.3 Å². The van der Waals surface area contributed by atoms with Gasteiger partial charge in [0.2, 0.25) is 0 Å². The molecule has 0 saturated carbocycles. The lowest BCUT2D eigenvalue weighted by molar-refractivity contribution is 0.0983. The topological polar surface area (TPSA) is 40.9 Å². The molecule has 0 bridgehead atoms. The van der Waals surface area contributed by atoms with E-state index in [-0.39, 0.29) is 5.78 Å². The molecule has 0 aliphatic heterocycles. The van der Waals surface area contributed by atoms with Crippen molar-refractivity contribution in [2.75, 3.05) is 0 Å². The summed E-state index contributed by atoms with van der Waals surface area (Å²) >= 11 is 12.8. The summed E-state index contributed by atoms with van der Waals surface area (Å²) in [6, 6.07) is 12.0. The number of rotatable bonds is 3. The molecule has 18 heavy (non-hydrogen) atoms. The third-order valence-corrected chi connectivity index (χ3v) is 3.87. The Morgan fingerprint density at radius 1 is 1.28 bits per heavy atom. The number of hydrogen-bond donors (Lipinski definition) is 0. The van der Waals surface area contributed by atoms with Crippen molar-refractivity contribution < 1.29 is 4.79 Å². The van der Waals surface area contributed by atoms with Gasteiger partial charge < -0.3 is 0 Å². The van der Waals surface area contributed by atoms with Gasteiger partial charge in [-0.05, 0) is 29.8 Å². The Balaban J connectivity index is 2.35. The first-order valence-corrected chi connectivity index (χ1v) is 6.63. The number of thiophene rings is 1. The largest absolute Gasteiger partial charge is 0.291 e. The normalized spacial score (nSPS) is 11.8. The second-order valence-corrected chi connectivity index (χ2v) is 5.74. The fraction of sp³-hybridized carbons (Fsp3) is 0.0769. The van der Waals surface area contributed by atoms with E-state index in [1.807, 2.05) is 6.07 Å². The molecule has 1 atom stereocenters. The molecule has 0 saturated heterocycles. The van der Waals surface area contributed by atoms with Gasteiger partial charge in [-0.1, -0.05) is 35.3 Å². The van der Waals surface area contributed by atoms with Crippen LogP contribution in [0.1, 0.15) is 21.2 Å². The predicted molar refractivity (Wildman–Crippen MR) is 73.5 cm³/mol. The number of Topliss-reactive ketones (excluding diaryl/α,β-unsaturated/α-hetero) is 1. The van der Waals surface area contributed by atoms with Crippen LogP contribution >= 0.6 is 34.5 Å². The van der Waals surface area contributed by atoms with Gasteiger partial charge in [-0.3, -0.25) is 4.79 Å². The zero-order valence-corrected chi connectivity index (χ0v) is 11.4. The first-order valence-electron chi connectivity index (χ1n) is 5.06. The molecule has 0 amide bonds. The van der Waals surface area contributed by atoms with Gasteiger partial charge in [0.25, 0.3) is 0 Å². The summed E-state index contributed by atoms with van der Waals surface area (Å²) in [6.45, 7) is 0. The van der Waals surface area contributed by atoms with Gasteiger partial charge in [-0.15, -0.1) is 11.3 Å². The molecule has 0 spiro atoms. The minimum absolute atomic E-state index is 0.253. The number of halogens is 2. The van der Waals surface area contributed by atoms with Crippen LogP contribution in [-0.2, 0) is 0 Å². The molecule has 2 rings (SSSR count). The summed E-state index contributed by atoms with van der Waals surface area (Å²) in [7, 11) is 0. The Labute approximate surface area is 118 Å². The van der Waals surface area contributed by atoms with Gasteiger partial charge in [-0.2, -0.15) is 5.26 Å². The maximum atomic E-state index is 12.2. The van der Waals surface area contributed by atoms with Gasteiger partial charge in [0.05, 0.1) is 15.3 Å². The van der Waals surface area contributed by atoms with Crippen molar-refractivity contribution in [1.82, 2.24) is 0 Å². The molecule has 2 aromatic rings. The number of carbonyl (C=O) groups is 1. The summed E-state index contributed by atoms with van der Waals surface area (Å²) in [4.78, 5) is 12.7. The van der Waals surface area contributed by atoms with Crippen LogP contribution in [0.3, 0.4) is 0 Å². The Morgan fingerprint density at radius 3 is 2.61 bits per heavy atom. The van der Waals surface area contributed by atoms with Crippen molar-refractivity contribution >= 4 is 40.3 Å². The van der Waals surface area contributed by atoms with E-state index in [2.05, 4.69) is 0 Å². The number of benzene rings is 1. The zero-order valence-electron chi connectivity index (χ0n) is 9.06. The van der Waals surface area contributed by atoms with Crippen LogP contribution in [0.5, 0.6) is 0 Å². The SMILES string of the molecule is N#CC(C(=O)c1ccc(Cl)s1)c1cccc(Cl)c1. The zero-order chi connectivity index (χ0) is 13.1. The van der Waals surface area contributed by atoms with E-state index in [1.54, 1.807) is 36.4 Å². The molecule has 1 aromatic heterocycles. The van der Waals surface area contributed by atoms with Crippen molar-refractivity contribution in [3.63, 3.8) is 0 Å². The minimum atomic E-state index is -0.849. The number of carbonyl (C=O) groups excluding carboxylic acids is 1. The molecular weight excluding hydrogens is 289 g/mol. The maximum Gasteiger partial charge on any atom is 0.194 e. The van der Waals surface area contributed by atoms with Crippen LogP contribution in [0.25, 0.3) is 0 Å². The molecule has 2 nitrogen and oxygen atoms in total. The van der Waals surface area contributed by atoms with Crippen molar-refractivity contribution in [2.45, 2.75) is 5.92 Å². The first kappa shape index (κ1) is 13.1. The first-order chi connectivity index (χ1) is 8.61. The van der Waals surface area contributed by atoms with Crippen molar-refractivity contribution in [3.05, 3.63) is 56.2 Å². The monoisotopic (exact) mass is 295 g/mol. The summed E-state index contributed by atoms with van der Waals surface area (Å²) in [6.07, 6.45) is 0. The van der Waals surface area contributed by atoms with Crippen molar-refractivity contribution in [3.8, 4) is 6.07 Å². The summed E-state index contributed by atoms with van der Waals surface area (Å²) in [5.41, 5.74) is 0.597. The molecule has 1 unspecified atom stereocenters. The Morgan fingerprint density at radius 2 is 2.06 bits per heavy atom. The highest BCUT2D eigenvalue weighted by Crippen LogP contribution is 2.28. The molecule has 0 radical (unpaired) electrons. The molecular formula is C13H7Cl2NOS. The predicted octanol–water partition coefficient (Wildman–Crippen LogP) is 4.54. The highest BCUT2D eigenvalue weighted by Gasteiger charge is 2.23. The summed E-state index contributed by atoms with van der Waals surface area (Å²) < 4.78 is 0.529. The van der Waals surface area contributed by atoms with Gasteiger partial charge in [0.1, 0.15) is 5.92 Å². The van der Waals surface area contributed by atoms with E-state index in [0.717, 1.165) is 0 Å². The lowest BCUT2D eigenvalue weighted by Gasteiger charge is -2.07. The fourth-order valence-electron chi connectivity index (χ4n) is 1.56. The van der Waals surface area contributed by atoms with E-state index in [9.17, 15) is 4.79 Å². The minimum Gasteiger partial charge on any atom is -0.291 e. The number of nitrogens with zero attached hydrogens (tertiary/aromatic N) is 1. The third-order valence-electron chi connectivity index (χ3n) is 2.39. The van der Waals surface area contributed by atoms with Crippen LogP contribution in [0.2, 0.25) is 9.36 Å². The summed E-state index contributed by atoms with van der Waals surface area (Å²) in [5, 5.41) is 9.67. The second kappa shape index (κ2) is 5.53. The van der Waals surface area contributed by atoms with Gasteiger partial charge >= 0.3 is 0 Å². The van der Waals surface area contributed by atoms with Crippen LogP contribution in [0, 0.1) is 11.3 Å². The van der Waals surface area contributed by atoms with E-state index < -0.39 is 5.92 Å². The second-order valence-electron chi connectivity index (χ2n) is 3.59. The molecule has 0 aliphatic rings. The number of hydrogen-bond acceptors (Lipinski definition) is 3. The highest BCUT2D eigenvalue weighted by molar-refractivity contribution is 7.18. The molecule has 0 aliphatic carbocycles. The van der Waals surface area contributed by atoms with Gasteiger partial charge in [0.15, 0.2) is 5.78 Å². The molecule has 0 fully saturated rings. The third kappa shape index (κ3) is 2.73. The van der Waals surface area contributed by atoms with Crippen LogP contribution in [0.15, 0.2) is 36.4 Å². The Bertz CT molecular complexity index is 630. The fourth-order valence-corrected chi connectivity index (χ4v) is 2.77. The molecule has 1 heterocycles. The molecule has 90 valence electrons. The van der Waals surface area contributed by atoms with E-state index in [4.69, 9.17) is 28.5 Å². The maximum absolute atomic E-state index is 12.2. The summed E-state index contributed by atoms with van der Waals surface area (Å²) in [5.74, 6) is -1.10. The van der Waals surface area contributed by atoms with Crippen LogP contribution < -0.4 is 0 Å². The quantitative estimate of drug-likeness (QED) is 0.780. The number of ketones is 1. The van der Waals surface area contributed by atoms with Crippen LogP contribution in [-0.4, -0.2) is 5.78 Å². The van der Waals surface area contributed by atoms with Crippen molar-refractivity contribution in [1.29, 1.82) is 5.26 Å². The van der Waals surface area contributed by atoms with Crippen molar-refractivity contribution in [2.24, 2.45) is 0 Å². The van der Waals surface area contributed by atoms with E-state index in [0.29, 0.717) is 19.8 Å². The number of nitriles is 1. The standard InChI is InChI=1S/C13H7Cl2NOS/c14-9-3-1-2-8(6-9)10(7-16)13(17)11-4-5-12(15)18-11/h1-6,10H. The van der Waals surface area contributed by atoms with Gasteiger partial charge in [-0.25, -0.2) is 0 Å². The van der Waals surface area contributed by atoms with Gasteiger partial charge in [0, 0.05) is 5.02 Å². The lowest BCUT2D eigenvalue weighted by Crippen LogP contribution is -2.09. The smallest absolute Gasteiger partial charge is 0.194 e. The van der Waals surface area contributed by atoms with Crippen LogP contribution in [0.4, 0.5) is 0 Å². The molecule has 1 aromatic carbocycles. The molecule has 0 N–H and O–H groups in total.